The first-order valence-electron chi connectivity index (χ1n) is 9.07. The summed E-state index contributed by atoms with van der Waals surface area (Å²) in [5.74, 6) is -0.573. The Hall–Kier alpha value is -2.82. The standard InChI is InChI=1S/C21H27N3O2/c1-3-24(4-2)19-12-10-18(11-13-19)23-21(26)16-20(25)22-15-14-17-8-6-5-7-9-17/h5-13H,3-4,14-16H2,1-2H3,(H,22,25)(H,23,26). The van der Waals surface area contributed by atoms with Crippen LogP contribution in [-0.4, -0.2) is 31.4 Å². The molecule has 0 atom stereocenters. The third-order valence-corrected chi connectivity index (χ3v) is 4.18. The molecule has 0 aliphatic rings. The molecule has 26 heavy (non-hydrogen) atoms. The van der Waals surface area contributed by atoms with Gasteiger partial charge in [0.25, 0.3) is 0 Å². The highest BCUT2D eigenvalue weighted by Gasteiger charge is 2.10. The smallest absolute Gasteiger partial charge is 0.233 e. The fraction of sp³-hybridized carbons (Fsp3) is 0.333. The van der Waals surface area contributed by atoms with Crippen LogP contribution in [0.15, 0.2) is 54.6 Å². The van der Waals surface area contributed by atoms with Gasteiger partial charge in [-0.3, -0.25) is 9.59 Å². The van der Waals surface area contributed by atoms with Gasteiger partial charge in [0.2, 0.25) is 11.8 Å². The van der Waals surface area contributed by atoms with E-state index in [0.717, 1.165) is 30.8 Å². The van der Waals surface area contributed by atoms with Gasteiger partial charge in [0.1, 0.15) is 6.42 Å². The molecule has 0 saturated heterocycles. The number of hydrogen-bond donors (Lipinski definition) is 2. The number of carbonyl (C=O) groups excluding carboxylic acids is 2. The van der Waals surface area contributed by atoms with E-state index >= 15 is 0 Å². The van der Waals surface area contributed by atoms with Gasteiger partial charge >= 0.3 is 0 Å². The Bertz CT molecular complexity index is 695. The van der Waals surface area contributed by atoms with Gasteiger partial charge in [-0.2, -0.15) is 0 Å². The van der Waals surface area contributed by atoms with Crippen LogP contribution in [-0.2, 0) is 16.0 Å². The maximum absolute atomic E-state index is 12.0. The summed E-state index contributed by atoms with van der Waals surface area (Å²) in [6.45, 7) is 6.61. The van der Waals surface area contributed by atoms with Crippen molar-refractivity contribution in [1.82, 2.24) is 5.32 Å². The van der Waals surface area contributed by atoms with Crippen molar-refractivity contribution in [2.45, 2.75) is 26.7 Å². The van der Waals surface area contributed by atoms with E-state index in [9.17, 15) is 9.59 Å². The molecule has 2 rings (SSSR count). The Morgan fingerprint density at radius 2 is 1.54 bits per heavy atom. The van der Waals surface area contributed by atoms with Crippen molar-refractivity contribution in [3.8, 4) is 0 Å². The lowest BCUT2D eigenvalue weighted by atomic mass is 10.1. The first kappa shape index (κ1) is 19.5. The van der Waals surface area contributed by atoms with Gasteiger partial charge in [-0.25, -0.2) is 0 Å². The lowest BCUT2D eigenvalue weighted by Gasteiger charge is -2.21. The van der Waals surface area contributed by atoms with Gasteiger partial charge < -0.3 is 15.5 Å². The second kappa shape index (κ2) is 10.2. The van der Waals surface area contributed by atoms with Crippen molar-refractivity contribution in [1.29, 1.82) is 0 Å². The predicted molar refractivity (Wildman–Crippen MR) is 106 cm³/mol. The highest BCUT2D eigenvalue weighted by Crippen LogP contribution is 2.17. The summed E-state index contributed by atoms with van der Waals surface area (Å²) in [5, 5.41) is 5.55. The van der Waals surface area contributed by atoms with Gasteiger partial charge in [0.15, 0.2) is 0 Å². The Labute approximate surface area is 155 Å². The van der Waals surface area contributed by atoms with Crippen molar-refractivity contribution in [2.75, 3.05) is 29.9 Å². The van der Waals surface area contributed by atoms with Gasteiger partial charge in [0, 0.05) is 31.0 Å². The summed E-state index contributed by atoms with van der Waals surface area (Å²) in [6.07, 6.45) is 0.577. The van der Waals surface area contributed by atoms with Crippen LogP contribution in [0.25, 0.3) is 0 Å². The van der Waals surface area contributed by atoms with E-state index in [4.69, 9.17) is 0 Å². The third-order valence-electron chi connectivity index (χ3n) is 4.18. The average Bonchev–Trinajstić information content (AvgIpc) is 2.65. The zero-order valence-corrected chi connectivity index (χ0v) is 15.5. The largest absolute Gasteiger partial charge is 0.372 e. The Morgan fingerprint density at radius 1 is 0.885 bits per heavy atom. The maximum atomic E-state index is 12.0. The van der Waals surface area contributed by atoms with E-state index in [1.807, 2.05) is 54.6 Å². The molecule has 0 aliphatic heterocycles. The number of nitrogens with one attached hydrogen (secondary N) is 2. The highest BCUT2D eigenvalue weighted by atomic mass is 16.2. The minimum absolute atomic E-state index is 0.174. The molecule has 138 valence electrons. The fourth-order valence-electron chi connectivity index (χ4n) is 2.75. The first-order valence-corrected chi connectivity index (χ1v) is 9.07. The molecule has 0 saturated carbocycles. The van der Waals surface area contributed by atoms with Crippen molar-refractivity contribution < 1.29 is 9.59 Å². The van der Waals surface area contributed by atoms with E-state index in [0.29, 0.717) is 12.2 Å². The molecule has 0 spiro atoms. The molecular weight excluding hydrogens is 326 g/mol. The quantitative estimate of drug-likeness (QED) is 0.681. The number of hydrogen-bond acceptors (Lipinski definition) is 3. The highest BCUT2D eigenvalue weighted by molar-refractivity contribution is 6.03. The molecule has 0 aromatic heterocycles. The Kier molecular flexibility index (Phi) is 7.68. The summed E-state index contributed by atoms with van der Waals surface area (Å²) < 4.78 is 0. The van der Waals surface area contributed by atoms with E-state index in [-0.39, 0.29) is 18.2 Å². The van der Waals surface area contributed by atoms with Crippen molar-refractivity contribution in [2.24, 2.45) is 0 Å². The number of amides is 2. The molecule has 2 aromatic carbocycles. The molecule has 0 unspecified atom stereocenters. The van der Waals surface area contributed by atoms with Crippen LogP contribution in [0.3, 0.4) is 0 Å². The van der Waals surface area contributed by atoms with Gasteiger partial charge in [0.05, 0.1) is 0 Å². The summed E-state index contributed by atoms with van der Waals surface area (Å²) in [4.78, 5) is 26.1. The zero-order chi connectivity index (χ0) is 18.8. The van der Waals surface area contributed by atoms with E-state index in [1.54, 1.807) is 0 Å². The van der Waals surface area contributed by atoms with Crippen LogP contribution in [0, 0.1) is 0 Å². The lowest BCUT2D eigenvalue weighted by Crippen LogP contribution is -2.29. The molecule has 2 N–H and O–H groups in total. The molecule has 0 aliphatic carbocycles. The minimum atomic E-state index is -0.308. The van der Waals surface area contributed by atoms with Gasteiger partial charge in [-0.15, -0.1) is 0 Å². The van der Waals surface area contributed by atoms with Crippen molar-refractivity contribution in [3.05, 3.63) is 60.2 Å². The van der Waals surface area contributed by atoms with Crippen LogP contribution in [0.5, 0.6) is 0 Å². The van der Waals surface area contributed by atoms with E-state index in [2.05, 4.69) is 29.4 Å². The molecule has 0 fully saturated rings. The number of rotatable bonds is 9. The lowest BCUT2D eigenvalue weighted by molar-refractivity contribution is -0.126. The molecular formula is C21H27N3O2. The molecule has 5 heteroatoms. The molecule has 0 radical (unpaired) electrons. The Morgan fingerprint density at radius 3 is 2.15 bits per heavy atom. The van der Waals surface area contributed by atoms with E-state index < -0.39 is 0 Å². The van der Waals surface area contributed by atoms with Crippen LogP contribution >= 0.6 is 0 Å². The Balaban J connectivity index is 1.74. The van der Waals surface area contributed by atoms with Crippen LogP contribution in [0.4, 0.5) is 11.4 Å². The van der Waals surface area contributed by atoms with Gasteiger partial charge in [-0.1, -0.05) is 30.3 Å². The SMILES string of the molecule is CCN(CC)c1ccc(NC(=O)CC(=O)NCCc2ccccc2)cc1. The fourth-order valence-corrected chi connectivity index (χ4v) is 2.75. The topological polar surface area (TPSA) is 61.4 Å². The first-order chi connectivity index (χ1) is 12.6. The van der Waals surface area contributed by atoms with Crippen molar-refractivity contribution >= 4 is 23.2 Å². The second-order valence-electron chi connectivity index (χ2n) is 6.03. The predicted octanol–water partition coefficient (Wildman–Crippen LogP) is 3.22. The van der Waals surface area contributed by atoms with Crippen LogP contribution in [0.2, 0.25) is 0 Å². The zero-order valence-electron chi connectivity index (χ0n) is 15.5. The molecule has 5 nitrogen and oxygen atoms in total. The molecule has 2 amide bonds. The second-order valence-corrected chi connectivity index (χ2v) is 6.03. The maximum Gasteiger partial charge on any atom is 0.233 e. The number of benzene rings is 2. The minimum Gasteiger partial charge on any atom is -0.372 e. The summed E-state index contributed by atoms with van der Waals surface area (Å²) in [7, 11) is 0. The normalized spacial score (nSPS) is 10.2. The monoisotopic (exact) mass is 353 g/mol. The third kappa shape index (κ3) is 6.24. The van der Waals surface area contributed by atoms with Crippen molar-refractivity contribution in [3.63, 3.8) is 0 Å². The summed E-state index contributed by atoms with van der Waals surface area (Å²) in [5.41, 5.74) is 2.97. The molecule has 2 aromatic rings. The number of nitrogens with zero attached hydrogens (tertiary/aromatic N) is 1. The van der Waals surface area contributed by atoms with Crippen LogP contribution in [0.1, 0.15) is 25.8 Å². The molecule has 0 bridgehead atoms. The summed E-state index contributed by atoms with van der Waals surface area (Å²) >= 11 is 0. The average molecular weight is 353 g/mol. The summed E-state index contributed by atoms with van der Waals surface area (Å²) in [6, 6.07) is 17.6. The van der Waals surface area contributed by atoms with Crippen LogP contribution < -0.4 is 15.5 Å². The van der Waals surface area contributed by atoms with Gasteiger partial charge in [-0.05, 0) is 50.1 Å². The number of carbonyl (C=O) groups is 2. The number of anilines is 2. The molecule has 0 heterocycles. The van der Waals surface area contributed by atoms with E-state index in [1.165, 1.54) is 0 Å².